The van der Waals surface area contributed by atoms with Gasteiger partial charge in [-0.15, -0.1) is 0 Å². The zero-order valence-electron chi connectivity index (χ0n) is 18.6. The molecule has 0 aromatic heterocycles. The van der Waals surface area contributed by atoms with Crippen LogP contribution in [-0.2, 0) is 32.9 Å². The predicted octanol–water partition coefficient (Wildman–Crippen LogP) is 2.26. The molecule has 6 rings (SSSR count). The topological polar surface area (TPSA) is 119 Å². The van der Waals surface area contributed by atoms with Gasteiger partial charge in [-0.05, 0) is 35.7 Å². The van der Waals surface area contributed by atoms with Gasteiger partial charge in [0.05, 0.1) is 18.4 Å². The maximum Gasteiger partial charge on any atom is 0.250 e. The first-order valence-corrected chi connectivity index (χ1v) is 11.5. The molecular formula is C27H23N3O5. The molecule has 8 heteroatoms. The van der Waals surface area contributed by atoms with Crippen molar-refractivity contribution in [2.24, 2.45) is 11.8 Å². The van der Waals surface area contributed by atoms with Crippen molar-refractivity contribution in [1.29, 1.82) is 0 Å². The van der Waals surface area contributed by atoms with Crippen LogP contribution in [0.4, 0.5) is 5.69 Å². The SMILES string of the molecule is O=C1[C@H]2[C@H](Cc3ccc(O)c(O)c3)N[C@@]3(C(=O)Nc4ccccc43)[C@@H]2C(=O)N1Cc1ccccc1. The molecule has 3 aliphatic heterocycles. The van der Waals surface area contributed by atoms with Gasteiger partial charge in [0.25, 0.3) is 0 Å². The van der Waals surface area contributed by atoms with Crippen LogP contribution >= 0.6 is 0 Å². The number of rotatable bonds is 4. The average Bonchev–Trinajstić information content (AvgIpc) is 3.43. The maximum atomic E-state index is 13.8. The van der Waals surface area contributed by atoms with Crippen LogP contribution in [0.15, 0.2) is 72.8 Å². The van der Waals surface area contributed by atoms with Crippen molar-refractivity contribution in [1.82, 2.24) is 10.2 Å². The highest BCUT2D eigenvalue weighted by molar-refractivity contribution is 6.15. The van der Waals surface area contributed by atoms with Gasteiger partial charge in [0.15, 0.2) is 11.5 Å². The number of carbonyl (C=O) groups excluding carboxylic acids is 3. The molecule has 3 aromatic carbocycles. The van der Waals surface area contributed by atoms with Crippen molar-refractivity contribution < 1.29 is 24.6 Å². The number of amides is 3. The Bertz CT molecular complexity index is 1370. The summed E-state index contributed by atoms with van der Waals surface area (Å²) in [6.45, 7) is 0.136. The van der Waals surface area contributed by atoms with Crippen molar-refractivity contribution in [3.8, 4) is 11.5 Å². The number of carbonyl (C=O) groups is 3. The molecule has 4 atom stereocenters. The molecule has 1 spiro atoms. The van der Waals surface area contributed by atoms with E-state index < -0.39 is 23.4 Å². The standard InChI is InChI=1S/C27H23N3O5/c31-20-11-10-16(13-21(20)32)12-19-22-23(25(34)30(24(22)33)14-15-6-2-1-3-7-15)27(29-19)17-8-4-5-9-18(17)28-26(27)35/h1-11,13,19,22-23,29,31-32H,12,14H2,(H,28,35)/t19-,22-,23-,27+/m0/s1. The molecule has 0 saturated carbocycles. The Hall–Kier alpha value is -4.17. The van der Waals surface area contributed by atoms with E-state index >= 15 is 0 Å². The van der Waals surface area contributed by atoms with Crippen LogP contribution in [0.3, 0.4) is 0 Å². The Kier molecular flexibility index (Phi) is 4.69. The molecule has 0 radical (unpaired) electrons. The number of likely N-dealkylation sites (tertiary alicyclic amines) is 1. The fraction of sp³-hybridized carbons (Fsp3) is 0.222. The molecule has 176 valence electrons. The zero-order chi connectivity index (χ0) is 24.3. The lowest BCUT2D eigenvalue weighted by Crippen LogP contribution is -2.53. The Balaban J connectivity index is 1.44. The number of benzene rings is 3. The largest absolute Gasteiger partial charge is 0.504 e. The summed E-state index contributed by atoms with van der Waals surface area (Å²) in [6.07, 6.45) is 0.282. The molecule has 35 heavy (non-hydrogen) atoms. The fourth-order valence-electron chi connectivity index (χ4n) is 5.86. The third-order valence-electron chi connectivity index (χ3n) is 7.39. The molecule has 8 nitrogen and oxygen atoms in total. The summed E-state index contributed by atoms with van der Waals surface area (Å²) in [6, 6.07) is 20.4. The fourth-order valence-corrected chi connectivity index (χ4v) is 5.86. The summed E-state index contributed by atoms with van der Waals surface area (Å²) in [7, 11) is 0. The van der Waals surface area contributed by atoms with E-state index in [1.54, 1.807) is 12.1 Å². The summed E-state index contributed by atoms with van der Waals surface area (Å²) >= 11 is 0. The average molecular weight is 469 g/mol. The molecule has 3 heterocycles. The first-order chi connectivity index (χ1) is 16.9. The van der Waals surface area contributed by atoms with Crippen LogP contribution in [-0.4, -0.2) is 38.9 Å². The summed E-state index contributed by atoms with van der Waals surface area (Å²) < 4.78 is 0. The summed E-state index contributed by atoms with van der Waals surface area (Å²) in [4.78, 5) is 42.3. The van der Waals surface area contributed by atoms with Crippen LogP contribution < -0.4 is 10.6 Å². The van der Waals surface area contributed by atoms with Crippen molar-refractivity contribution in [3.05, 3.63) is 89.5 Å². The second-order valence-corrected chi connectivity index (χ2v) is 9.34. The van der Waals surface area contributed by atoms with Gasteiger partial charge in [0.2, 0.25) is 17.7 Å². The second-order valence-electron chi connectivity index (χ2n) is 9.34. The summed E-state index contributed by atoms with van der Waals surface area (Å²) in [5.74, 6) is -3.23. The lowest BCUT2D eigenvalue weighted by molar-refractivity contribution is -0.143. The van der Waals surface area contributed by atoms with E-state index in [4.69, 9.17) is 0 Å². The number of hydrogen-bond acceptors (Lipinski definition) is 6. The molecule has 3 amide bonds. The number of nitrogens with one attached hydrogen (secondary N) is 2. The number of phenolic OH excluding ortho intramolecular Hbond substituents is 2. The number of aromatic hydroxyl groups is 2. The maximum absolute atomic E-state index is 13.8. The van der Waals surface area contributed by atoms with Crippen LogP contribution in [0.1, 0.15) is 16.7 Å². The highest BCUT2D eigenvalue weighted by Crippen LogP contribution is 2.53. The third-order valence-corrected chi connectivity index (χ3v) is 7.39. The number of phenols is 2. The van der Waals surface area contributed by atoms with Gasteiger partial charge in [0.1, 0.15) is 5.54 Å². The minimum Gasteiger partial charge on any atom is -0.504 e. The van der Waals surface area contributed by atoms with E-state index in [9.17, 15) is 24.6 Å². The number of anilines is 1. The van der Waals surface area contributed by atoms with Gasteiger partial charge in [0, 0.05) is 17.3 Å². The number of nitrogens with zero attached hydrogens (tertiary/aromatic N) is 1. The van der Waals surface area contributed by atoms with Gasteiger partial charge in [-0.1, -0.05) is 54.6 Å². The van der Waals surface area contributed by atoms with E-state index in [2.05, 4.69) is 10.6 Å². The van der Waals surface area contributed by atoms with Gasteiger partial charge in [-0.3, -0.25) is 24.6 Å². The Labute approximate surface area is 201 Å². The van der Waals surface area contributed by atoms with Crippen molar-refractivity contribution in [3.63, 3.8) is 0 Å². The van der Waals surface area contributed by atoms with E-state index in [1.165, 1.54) is 17.0 Å². The van der Waals surface area contributed by atoms with Gasteiger partial charge in [-0.2, -0.15) is 0 Å². The van der Waals surface area contributed by atoms with Crippen LogP contribution in [0.25, 0.3) is 0 Å². The lowest BCUT2D eigenvalue weighted by atomic mass is 9.76. The monoisotopic (exact) mass is 469 g/mol. The van der Waals surface area contributed by atoms with Crippen molar-refractivity contribution >= 4 is 23.4 Å². The molecular weight excluding hydrogens is 446 g/mol. The van der Waals surface area contributed by atoms with Gasteiger partial charge in [-0.25, -0.2) is 0 Å². The first kappa shape index (κ1) is 21.4. The normalized spacial score (nSPS) is 26.8. The van der Waals surface area contributed by atoms with Crippen molar-refractivity contribution in [2.75, 3.05) is 5.32 Å². The minimum atomic E-state index is -1.37. The van der Waals surface area contributed by atoms with Crippen LogP contribution in [0, 0.1) is 11.8 Å². The molecule has 0 unspecified atom stereocenters. The number of fused-ring (bicyclic) bond motifs is 4. The quantitative estimate of drug-likeness (QED) is 0.344. The lowest BCUT2D eigenvalue weighted by Gasteiger charge is -2.29. The molecule has 3 aliphatic rings. The highest BCUT2D eigenvalue weighted by atomic mass is 16.3. The Morgan fingerprint density at radius 3 is 2.34 bits per heavy atom. The van der Waals surface area contributed by atoms with Crippen LogP contribution in [0.5, 0.6) is 11.5 Å². The summed E-state index contributed by atoms with van der Waals surface area (Å²) in [5, 5.41) is 25.9. The summed E-state index contributed by atoms with van der Waals surface area (Å²) in [5.41, 5.74) is 1.39. The van der Waals surface area contributed by atoms with E-state index in [0.717, 1.165) is 5.56 Å². The van der Waals surface area contributed by atoms with Crippen LogP contribution in [0.2, 0.25) is 0 Å². The Morgan fingerprint density at radius 2 is 1.57 bits per heavy atom. The Morgan fingerprint density at radius 1 is 0.829 bits per heavy atom. The number of hydrogen-bond donors (Lipinski definition) is 4. The highest BCUT2D eigenvalue weighted by Gasteiger charge is 2.70. The van der Waals surface area contributed by atoms with E-state index in [-0.39, 0.29) is 42.2 Å². The van der Waals surface area contributed by atoms with Gasteiger partial charge >= 0.3 is 0 Å². The molecule has 2 saturated heterocycles. The third kappa shape index (κ3) is 3.06. The number of imide groups is 1. The van der Waals surface area contributed by atoms with E-state index in [0.29, 0.717) is 16.8 Å². The second kappa shape index (κ2) is 7.68. The first-order valence-electron chi connectivity index (χ1n) is 11.5. The predicted molar refractivity (Wildman–Crippen MR) is 126 cm³/mol. The smallest absolute Gasteiger partial charge is 0.250 e. The molecule has 2 fully saturated rings. The van der Waals surface area contributed by atoms with Gasteiger partial charge < -0.3 is 15.5 Å². The van der Waals surface area contributed by atoms with Crippen molar-refractivity contribution in [2.45, 2.75) is 24.5 Å². The molecule has 0 aliphatic carbocycles. The minimum absolute atomic E-state index is 0.136. The zero-order valence-corrected chi connectivity index (χ0v) is 18.6. The molecule has 3 aromatic rings. The molecule has 4 N–H and O–H groups in total. The van der Waals surface area contributed by atoms with E-state index in [1.807, 2.05) is 48.5 Å². The number of para-hydroxylation sites is 1. The molecule has 0 bridgehead atoms.